The zero-order valence-electron chi connectivity index (χ0n) is 15.5. The second-order valence-corrected chi connectivity index (χ2v) is 7.27. The first-order valence-electron chi connectivity index (χ1n) is 9.42. The molecule has 0 radical (unpaired) electrons. The summed E-state index contributed by atoms with van der Waals surface area (Å²) in [5, 5.41) is 3.52. The van der Waals surface area contributed by atoms with Gasteiger partial charge in [-0.3, -0.25) is 4.99 Å². The Morgan fingerprint density at radius 1 is 1.38 bits per heavy atom. The molecule has 3 unspecified atom stereocenters. The van der Waals surface area contributed by atoms with Crippen LogP contribution in [0.5, 0.6) is 5.75 Å². The highest BCUT2D eigenvalue weighted by Crippen LogP contribution is 2.29. The van der Waals surface area contributed by atoms with E-state index in [2.05, 4.69) is 50.0 Å². The van der Waals surface area contributed by atoms with E-state index in [1.807, 2.05) is 31.7 Å². The topological polar surface area (TPSA) is 54.7 Å². The molecule has 0 saturated carbocycles. The molecule has 0 amide bonds. The van der Waals surface area contributed by atoms with Crippen LogP contribution in [0.3, 0.4) is 0 Å². The van der Waals surface area contributed by atoms with Crippen molar-refractivity contribution >= 4 is 5.96 Å². The lowest BCUT2D eigenvalue weighted by Gasteiger charge is -2.39. The van der Waals surface area contributed by atoms with E-state index in [9.17, 15) is 0 Å². The van der Waals surface area contributed by atoms with Crippen LogP contribution >= 0.6 is 0 Å². The van der Waals surface area contributed by atoms with Crippen molar-refractivity contribution < 1.29 is 4.74 Å². The van der Waals surface area contributed by atoms with Crippen LogP contribution in [-0.4, -0.2) is 53.2 Å². The molecule has 6 heteroatoms. The van der Waals surface area contributed by atoms with Gasteiger partial charge in [0.05, 0.1) is 18.9 Å². The Morgan fingerprint density at radius 2 is 2.27 bits per heavy atom. The zero-order valence-corrected chi connectivity index (χ0v) is 15.5. The Balaban J connectivity index is 1.36. The van der Waals surface area contributed by atoms with E-state index in [1.165, 1.54) is 5.56 Å². The maximum atomic E-state index is 6.04. The van der Waals surface area contributed by atoms with Crippen LogP contribution in [-0.2, 0) is 6.42 Å². The Labute approximate surface area is 154 Å². The smallest absolute Gasteiger partial charge is 0.193 e. The van der Waals surface area contributed by atoms with Crippen LogP contribution in [0.15, 0.2) is 48.0 Å². The van der Waals surface area contributed by atoms with Crippen molar-refractivity contribution in [1.29, 1.82) is 0 Å². The first-order valence-corrected chi connectivity index (χ1v) is 9.42. The van der Waals surface area contributed by atoms with Crippen molar-refractivity contribution in [3.63, 3.8) is 0 Å². The van der Waals surface area contributed by atoms with Crippen LogP contribution in [0.4, 0.5) is 0 Å². The summed E-state index contributed by atoms with van der Waals surface area (Å²) in [6, 6.07) is 8.72. The number of hydrogen-bond acceptors (Lipinski definition) is 3. The molecular weight excluding hydrogens is 326 g/mol. The Kier molecular flexibility index (Phi) is 4.82. The highest BCUT2D eigenvalue weighted by Gasteiger charge is 2.29. The lowest BCUT2D eigenvalue weighted by Crippen LogP contribution is -2.50. The predicted octanol–water partition coefficient (Wildman–Crippen LogP) is 2.35. The Bertz CT molecular complexity index is 732. The van der Waals surface area contributed by atoms with Gasteiger partial charge in [0.25, 0.3) is 0 Å². The number of hydrogen-bond donors (Lipinski definition) is 1. The summed E-state index contributed by atoms with van der Waals surface area (Å²) in [7, 11) is 1.86. The average Bonchev–Trinajstić information content (AvgIpc) is 3.32. The van der Waals surface area contributed by atoms with Crippen molar-refractivity contribution in [2.45, 2.75) is 31.9 Å². The summed E-state index contributed by atoms with van der Waals surface area (Å²) in [5.74, 6) is 2.61. The van der Waals surface area contributed by atoms with Gasteiger partial charge < -0.3 is 19.5 Å². The standard InChI is InChI=1S/C20H27N5O/c1-15-7-9-24(13-18(15)25-10-8-22-14-25)20(21-2)23-12-17-11-16-5-3-4-6-19(16)26-17/h3-6,8,10,14-15,17-18H,7,9,11-13H2,1-2H3,(H,21,23). The SMILES string of the molecule is CN=C(NCC1Cc2ccccc2O1)N1CCC(C)C(n2ccnc2)C1. The second-order valence-electron chi connectivity index (χ2n) is 7.27. The zero-order chi connectivity index (χ0) is 17.9. The molecule has 0 spiro atoms. The third kappa shape index (κ3) is 3.41. The minimum atomic E-state index is 0.164. The number of aliphatic imine (C=N–C) groups is 1. The van der Waals surface area contributed by atoms with Crippen LogP contribution < -0.4 is 10.1 Å². The third-order valence-electron chi connectivity index (χ3n) is 5.54. The van der Waals surface area contributed by atoms with Crippen molar-refractivity contribution in [3.05, 3.63) is 48.5 Å². The van der Waals surface area contributed by atoms with Gasteiger partial charge >= 0.3 is 0 Å². The Hall–Kier alpha value is -2.50. The molecule has 6 nitrogen and oxygen atoms in total. The monoisotopic (exact) mass is 353 g/mol. The molecule has 3 atom stereocenters. The molecule has 1 aromatic carbocycles. The molecule has 26 heavy (non-hydrogen) atoms. The van der Waals surface area contributed by atoms with E-state index in [0.29, 0.717) is 12.0 Å². The third-order valence-corrected chi connectivity index (χ3v) is 5.54. The van der Waals surface area contributed by atoms with Crippen LogP contribution in [0.2, 0.25) is 0 Å². The number of piperidine rings is 1. The Morgan fingerprint density at radius 3 is 3.04 bits per heavy atom. The lowest BCUT2D eigenvalue weighted by molar-refractivity contribution is 0.185. The lowest BCUT2D eigenvalue weighted by atomic mass is 9.93. The molecule has 4 rings (SSSR count). The van der Waals surface area contributed by atoms with Gasteiger partial charge in [-0.2, -0.15) is 0 Å². The number of guanidine groups is 1. The first kappa shape index (κ1) is 16.9. The minimum Gasteiger partial charge on any atom is -0.488 e. The number of imidazole rings is 1. The number of benzene rings is 1. The molecule has 3 heterocycles. The maximum Gasteiger partial charge on any atom is 0.193 e. The van der Waals surface area contributed by atoms with E-state index in [4.69, 9.17) is 4.74 Å². The fraction of sp³-hybridized carbons (Fsp3) is 0.500. The molecule has 1 fully saturated rings. The summed E-state index contributed by atoms with van der Waals surface area (Å²) in [6.45, 7) is 5.06. The number of nitrogens with zero attached hydrogens (tertiary/aromatic N) is 4. The molecular formula is C20H27N5O. The molecule has 2 aliphatic heterocycles. The van der Waals surface area contributed by atoms with E-state index in [1.54, 1.807) is 0 Å². The molecule has 2 aliphatic rings. The molecule has 0 aliphatic carbocycles. The quantitative estimate of drug-likeness (QED) is 0.680. The summed E-state index contributed by atoms with van der Waals surface area (Å²) < 4.78 is 8.26. The van der Waals surface area contributed by atoms with Gasteiger partial charge in [-0.15, -0.1) is 0 Å². The van der Waals surface area contributed by atoms with Gasteiger partial charge in [-0.25, -0.2) is 4.98 Å². The fourth-order valence-electron chi connectivity index (χ4n) is 4.00. The summed E-state index contributed by atoms with van der Waals surface area (Å²) in [5.41, 5.74) is 1.29. The number of nitrogens with one attached hydrogen (secondary N) is 1. The van der Waals surface area contributed by atoms with Crippen LogP contribution in [0.1, 0.15) is 24.9 Å². The minimum absolute atomic E-state index is 0.164. The maximum absolute atomic E-state index is 6.04. The van der Waals surface area contributed by atoms with E-state index in [-0.39, 0.29) is 6.10 Å². The highest BCUT2D eigenvalue weighted by molar-refractivity contribution is 5.80. The van der Waals surface area contributed by atoms with Gasteiger partial charge in [-0.05, 0) is 24.0 Å². The number of ether oxygens (including phenoxy) is 1. The molecule has 1 aromatic heterocycles. The van der Waals surface area contributed by atoms with Crippen LogP contribution in [0, 0.1) is 5.92 Å². The largest absolute Gasteiger partial charge is 0.488 e. The van der Waals surface area contributed by atoms with Crippen molar-refractivity contribution in [2.24, 2.45) is 10.9 Å². The van der Waals surface area contributed by atoms with Crippen LogP contribution in [0.25, 0.3) is 0 Å². The number of fused-ring (bicyclic) bond motifs is 1. The van der Waals surface area contributed by atoms with Crippen molar-refractivity contribution in [3.8, 4) is 5.75 Å². The van der Waals surface area contributed by atoms with Gasteiger partial charge in [0, 0.05) is 39.0 Å². The van der Waals surface area contributed by atoms with E-state index >= 15 is 0 Å². The van der Waals surface area contributed by atoms with E-state index in [0.717, 1.165) is 44.2 Å². The highest BCUT2D eigenvalue weighted by atomic mass is 16.5. The second kappa shape index (κ2) is 7.40. The fourth-order valence-corrected chi connectivity index (χ4v) is 4.00. The molecule has 0 bridgehead atoms. The first-order chi connectivity index (χ1) is 12.7. The average molecular weight is 353 g/mol. The van der Waals surface area contributed by atoms with Crippen molar-refractivity contribution in [1.82, 2.24) is 19.8 Å². The number of rotatable bonds is 3. The summed E-state index contributed by atoms with van der Waals surface area (Å²) in [6.07, 6.45) is 8.10. The van der Waals surface area contributed by atoms with Gasteiger partial charge in [0.15, 0.2) is 5.96 Å². The summed E-state index contributed by atoms with van der Waals surface area (Å²) in [4.78, 5) is 11.1. The number of likely N-dealkylation sites (tertiary alicyclic amines) is 1. The summed E-state index contributed by atoms with van der Waals surface area (Å²) >= 11 is 0. The molecule has 138 valence electrons. The molecule has 2 aromatic rings. The van der Waals surface area contributed by atoms with Gasteiger partial charge in [0.1, 0.15) is 11.9 Å². The van der Waals surface area contributed by atoms with Gasteiger partial charge in [-0.1, -0.05) is 25.1 Å². The number of aromatic nitrogens is 2. The number of para-hydroxylation sites is 1. The predicted molar refractivity (Wildman–Crippen MR) is 103 cm³/mol. The molecule has 1 saturated heterocycles. The van der Waals surface area contributed by atoms with Crippen molar-refractivity contribution in [2.75, 3.05) is 26.7 Å². The molecule has 1 N–H and O–H groups in total. The normalized spacial score (nSPS) is 25.7. The van der Waals surface area contributed by atoms with Gasteiger partial charge in [0.2, 0.25) is 0 Å². The van der Waals surface area contributed by atoms with E-state index < -0.39 is 0 Å².